The van der Waals surface area contributed by atoms with Crippen LogP contribution in [0.2, 0.25) is 0 Å². The van der Waals surface area contributed by atoms with Crippen LogP contribution >= 0.6 is 0 Å². The number of carbonyl (C=O) groups is 3. The second kappa shape index (κ2) is 13.3. The van der Waals surface area contributed by atoms with E-state index in [1.165, 1.54) is 13.2 Å². The minimum Gasteiger partial charge on any atom is -0.490 e. The van der Waals surface area contributed by atoms with Crippen molar-refractivity contribution in [3.63, 3.8) is 0 Å². The minimum absolute atomic E-state index is 0.216. The summed E-state index contributed by atoms with van der Waals surface area (Å²) in [4.78, 5) is 36.2. The molecule has 0 bridgehead atoms. The van der Waals surface area contributed by atoms with E-state index in [0.717, 1.165) is 5.57 Å². The van der Waals surface area contributed by atoms with Crippen molar-refractivity contribution in [2.45, 2.75) is 59.1 Å². The molecular weight excluding hydrogens is 410 g/mol. The molecule has 1 rings (SSSR count). The van der Waals surface area contributed by atoms with Crippen LogP contribution in [0.5, 0.6) is 0 Å². The molecule has 0 radical (unpaired) electrons. The Kier molecular flexibility index (Phi) is 11.2. The molecule has 0 fully saturated rings. The van der Waals surface area contributed by atoms with Crippen LogP contribution in [0.15, 0.2) is 60.4 Å². The van der Waals surface area contributed by atoms with Gasteiger partial charge in [-0.15, -0.1) is 6.58 Å². The highest BCUT2D eigenvalue weighted by Crippen LogP contribution is 2.21. The molecule has 7 nitrogen and oxygen atoms in total. The molecule has 0 aliphatic carbocycles. The Morgan fingerprint density at radius 1 is 1.31 bits per heavy atom. The molecule has 1 aliphatic rings. The third kappa shape index (κ3) is 9.81. The first-order valence-electron chi connectivity index (χ1n) is 10.6. The number of hydrogen-bond acceptors (Lipinski definition) is 6. The Labute approximate surface area is 190 Å². The van der Waals surface area contributed by atoms with Gasteiger partial charge in [0.05, 0.1) is 13.7 Å². The summed E-state index contributed by atoms with van der Waals surface area (Å²) in [5.41, 5.74) is 0.470. The van der Waals surface area contributed by atoms with Crippen molar-refractivity contribution in [2.75, 3.05) is 13.7 Å². The van der Waals surface area contributed by atoms with Crippen molar-refractivity contribution in [3.8, 4) is 0 Å². The van der Waals surface area contributed by atoms with Gasteiger partial charge in [0.1, 0.15) is 12.1 Å². The highest BCUT2D eigenvalue weighted by atomic mass is 16.6. The van der Waals surface area contributed by atoms with Crippen molar-refractivity contribution in [1.82, 2.24) is 5.32 Å². The minimum atomic E-state index is -0.763. The molecule has 1 amide bonds. The number of hydrogen-bond donors (Lipinski definition) is 1. The van der Waals surface area contributed by atoms with Gasteiger partial charge < -0.3 is 19.5 Å². The molecule has 1 N–H and O–H groups in total. The summed E-state index contributed by atoms with van der Waals surface area (Å²) in [5, 5.41) is 2.71. The SMILES string of the molecule is C=CCCOC(=O)[C@@H](NC(=O)\C=C/C=C\C(C)=C\C[C@@H]1CC=C(OC)C(=O)O1)C(C)(C)C. The van der Waals surface area contributed by atoms with E-state index in [4.69, 9.17) is 14.2 Å². The van der Waals surface area contributed by atoms with Crippen LogP contribution in [0.1, 0.15) is 47.0 Å². The summed E-state index contributed by atoms with van der Waals surface area (Å²) in [7, 11) is 1.44. The largest absolute Gasteiger partial charge is 0.490 e. The van der Waals surface area contributed by atoms with Crippen LogP contribution in [-0.4, -0.2) is 43.7 Å². The average Bonchev–Trinajstić information content (AvgIpc) is 2.73. The topological polar surface area (TPSA) is 90.9 Å². The number of cyclic esters (lactones) is 1. The molecule has 1 heterocycles. The molecule has 0 saturated carbocycles. The normalized spacial score (nSPS) is 18.2. The van der Waals surface area contributed by atoms with Crippen molar-refractivity contribution in [1.29, 1.82) is 0 Å². The van der Waals surface area contributed by atoms with Gasteiger partial charge >= 0.3 is 11.9 Å². The first-order valence-corrected chi connectivity index (χ1v) is 10.6. The fourth-order valence-electron chi connectivity index (χ4n) is 2.77. The van der Waals surface area contributed by atoms with Gasteiger partial charge in [-0.25, -0.2) is 9.59 Å². The van der Waals surface area contributed by atoms with E-state index in [2.05, 4.69) is 11.9 Å². The number of allylic oxidation sites excluding steroid dienone is 4. The Balaban J connectivity index is 2.56. The smallest absolute Gasteiger partial charge is 0.373 e. The predicted molar refractivity (Wildman–Crippen MR) is 123 cm³/mol. The quantitative estimate of drug-likeness (QED) is 0.170. The molecule has 0 saturated heterocycles. The fraction of sp³-hybridized carbons (Fsp3) is 0.480. The summed E-state index contributed by atoms with van der Waals surface area (Å²) >= 11 is 0. The molecule has 32 heavy (non-hydrogen) atoms. The van der Waals surface area contributed by atoms with Crippen LogP contribution in [0.4, 0.5) is 0 Å². The van der Waals surface area contributed by atoms with Crippen molar-refractivity contribution in [2.24, 2.45) is 5.41 Å². The lowest BCUT2D eigenvalue weighted by Gasteiger charge is -2.29. The second-order valence-electron chi connectivity index (χ2n) is 8.49. The van der Waals surface area contributed by atoms with Gasteiger partial charge in [-0.2, -0.15) is 0 Å². The van der Waals surface area contributed by atoms with Crippen molar-refractivity contribution >= 4 is 17.8 Å². The van der Waals surface area contributed by atoms with Gasteiger partial charge in [-0.05, 0) is 24.8 Å². The standard InChI is InChI=1S/C25H35NO6/c1-7-8-17-31-24(29)22(25(3,4)5)26-21(27)12-10-9-11-18(2)13-14-19-15-16-20(30-6)23(28)32-19/h7,9-13,16,19,22H,1,8,14-15,17H2,2-6H3,(H,26,27)/b11-9-,12-10-,18-13+/t19-,22-/m1/s1. The van der Waals surface area contributed by atoms with Gasteiger partial charge in [0.15, 0.2) is 5.76 Å². The first-order chi connectivity index (χ1) is 15.1. The number of nitrogens with one attached hydrogen (secondary N) is 1. The summed E-state index contributed by atoms with van der Waals surface area (Å²) in [5.74, 6) is -1.06. The maximum atomic E-state index is 12.3. The zero-order chi connectivity index (χ0) is 24.1. The van der Waals surface area contributed by atoms with E-state index in [0.29, 0.717) is 19.3 Å². The highest BCUT2D eigenvalue weighted by molar-refractivity contribution is 5.92. The van der Waals surface area contributed by atoms with Crippen LogP contribution in [-0.2, 0) is 28.6 Å². The van der Waals surface area contributed by atoms with Crippen LogP contribution < -0.4 is 5.32 Å². The Hall–Kier alpha value is -3.09. The molecule has 0 aromatic heterocycles. The number of esters is 2. The summed E-state index contributed by atoms with van der Waals surface area (Å²) in [6.45, 7) is 11.3. The number of methoxy groups -OCH3 is 1. The number of carbonyl (C=O) groups excluding carboxylic acids is 3. The van der Waals surface area contributed by atoms with E-state index in [-0.39, 0.29) is 24.4 Å². The Morgan fingerprint density at radius 2 is 2.00 bits per heavy atom. The zero-order valence-electron chi connectivity index (χ0n) is 19.7. The van der Waals surface area contributed by atoms with E-state index < -0.39 is 23.4 Å². The summed E-state index contributed by atoms with van der Waals surface area (Å²) < 4.78 is 15.4. The van der Waals surface area contributed by atoms with Crippen LogP contribution in [0.3, 0.4) is 0 Å². The fourth-order valence-corrected chi connectivity index (χ4v) is 2.77. The van der Waals surface area contributed by atoms with Gasteiger partial charge in [0.25, 0.3) is 0 Å². The summed E-state index contributed by atoms with van der Waals surface area (Å²) in [6, 6.07) is -0.763. The molecule has 0 aromatic rings. The van der Waals surface area contributed by atoms with Crippen molar-refractivity contribution in [3.05, 3.63) is 60.4 Å². The highest BCUT2D eigenvalue weighted by Gasteiger charge is 2.33. The van der Waals surface area contributed by atoms with Gasteiger partial charge in [-0.3, -0.25) is 4.79 Å². The Morgan fingerprint density at radius 3 is 2.59 bits per heavy atom. The zero-order valence-corrected chi connectivity index (χ0v) is 19.7. The van der Waals surface area contributed by atoms with Gasteiger partial charge in [0.2, 0.25) is 5.91 Å². The molecule has 1 aliphatic heterocycles. The second-order valence-corrected chi connectivity index (χ2v) is 8.49. The van der Waals surface area contributed by atoms with Gasteiger partial charge in [0, 0.05) is 18.9 Å². The predicted octanol–water partition coefficient (Wildman–Crippen LogP) is 3.93. The number of amides is 1. The lowest BCUT2D eigenvalue weighted by Crippen LogP contribution is -2.49. The van der Waals surface area contributed by atoms with E-state index in [9.17, 15) is 14.4 Å². The molecule has 0 unspecified atom stereocenters. The van der Waals surface area contributed by atoms with Gasteiger partial charge in [-0.1, -0.05) is 56.7 Å². The summed E-state index contributed by atoms with van der Waals surface area (Å²) in [6.07, 6.45) is 13.4. The molecule has 0 spiro atoms. The maximum absolute atomic E-state index is 12.3. The number of rotatable bonds is 11. The van der Waals surface area contributed by atoms with Crippen molar-refractivity contribution < 1.29 is 28.6 Å². The molecular formula is C25H35NO6. The van der Waals surface area contributed by atoms with Crippen LogP contribution in [0.25, 0.3) is 0 Å². The monoisotopic (exact) mass is 445 g/mol. The lowest BCUT2D eigenvalue weighted by molar-refractivity contribution is -0.150. The Bertz CT molecular complexity index is 798. The molecule has 7 heteroatoms. The molecule has 176 valence electrons. The third-order valence-corrected chi connectivity index (χ3v) is 4.64. The molecule has 0 aromatic carbocycles. The number of ether oxygens (including phenoxy) is 3. The lowest BCUT2D eigenvalue weighted by atomic mass is 9.86. The maximum Gasteiger partial charge on any atom is 0.373 e. The van der Waals surface area contributed by atoms with E-state index >= 15 is 0 Å². The van der Waals surface area contributed by atoms with E-state index in [1.54, 1.807) is 24.3 Å². The third-order valence-electron chi connectivity index (χ3n) is 4.64. The van der Waals surface area contributed by atoms with Crippen LogP contribution in [0, 0.1) is 5.41 Å². The first kappa shape index (κ1) is 26.9. The average molecular weight is 446 g/mol. The van der Waals surface area contributed by atoms with E-state index in [1.807, 2.05) is 39.8 Å². The molecule has 2 atom stereocenters.